The van der Waals surface area contributed by atoms with E-state index in [1.54, 1.807) is 31.0 Å². The van der Waals surface area contributed by atoms with Crippen LogP contribution in [0.3, 0.4) is 0 Å². The normalized spacial score (nSPS) is 14.8. The first-order valence-electron chi connectivity index (χ1n) is 7.22. The molecular formula is C15H27N3O2S. The van der Waals surface area contributed by atoms with Crippen LogP contribution in [0.4, 0.5) is 0 Å². The number of nitrogens with one attached hydrogen (secondary N) is 1. The van der Waals surface area contributed by atoms with Crippen molar-refractivity contribution >= 4 is 17.7 Å². The van der Waals surface area contributed by atoms with E-state index in [2.05, 4.69) is 31.2 Å². The highest BCUT2D eigenvalue weighted by Gasteiger charge is 2.25. The summed E-state index contributed by atoms with van der Waals surface area (Å²) < 4.78 is 1.87. The average Bonchev–Trinajstić information content (AvgIpc) is 2.79. The summed E-state index contributed by atoms with van der Waals surface area (Å²) in [4.78, 5) is 11.8. The van der Waals surface area contributed by atoms with Crippen molar-refractivity contribution < 1.29 is 9.90 Å². The Balaban J connectivity index is 2.29. The van der Waals surface area contributed by atoms with E-state index < -0.39 is 5.60 Å². The van der Waals surface area contributed by atoms with Gasteiger partial charge in [0.15, 0.2) is 0 Å². The maximum Gasteiger partial charge on any atom is 0.220 e. The molecule has 0 aliphatic heterocycles. The van der Waals surface area contributed by atoms with Crippen LogP contribution < -0.4 is 5.32 Å². The topological polar surface area (TPSA) is 67.2 Å². The van der Waals surface area contributed by atoms with Gasteiger partial charge >= 0.3 is 0 Å². The first-order valence-corrected chi connectivity index (χ1v) is 8.21. The van der Waals surface area contributed by atoms with Crippen LogP contribution in [0.2, 0.25) is 0 Å². The first kappa shape index (κ1) is 18.0. The zero-order valence-corrected chi connectivity index (χ0v) is 14.5. The van der Waals surface area contributed by atoms with E-state index in [0.29, 0.717) is 12.0 Å². The number of amides is 1. The highest BCUT2D eigenvalue weighted by molar-refractivity contribution is 8.00. The maximum atomic E-state index is 11.8. The maximum absolute atomic E-state index is 11.8. The Morgan fingerprint density at radius 1 is 1.43 bits per heavy atom. The SMILES string of the molecule is Cn1cc(C(C)(O)CNC(=O)CCCSC(C)(C)C)cn1. The fourth-order valence-corrected chi connectivity index (χ4v) is 2.67. The van der Waals surface area contributed by atoms with Gasteiger partial charge in [-0.3, -0.25) is 9.48 Å². The standard InChI is InChI=1S/C15H27N3O2S/c1-14(2,3)21-8-6-7-13(19)16-11-15(4,20)12-9-17-18(5)10-12/h9-10,20H,6-8,11H2,1-5H3,(H,16,19). The van der Waals surface area contributed by atoms with Crippen LogP contribution in [0.1, 0.15) is 46.1 Å². The summed E-state index contributed by atoms with van der Waals surface area (Å²) in [5.74, 6) is 0.948. The van der Waals surface area contributed by atoms with E-state index in [0.717, 1.165) is 12.2 Å². The second kappa shape index (κ2) is 7.31. The van der Waals surface area contributed by atoms with Crippen molar-refractivity contribution in [1.82, 2.24) is 15.1 Å². The lowest BCUT2D eigenvalue weighted by Gasteiger charge is -2.22. The van der Waals surface area contributed by atoms with Crippen LogP contribution in [0.5, 0.6) is 0 Å². The summed E-state index contributed by atoms with van der Waals surface area (Å²) in [6, 6.07) is 0. The molecule has 1 atom stereocenters. The van der Waals surface area contributed by atoms with Gasteiger partial charge in [-0.15, -0.1) is 0 Å². The lowest BCUT2D eigenvalue weighted by Crippen LogP contribution is -2.38. The van der Waals surface area contributed by atoms with E-state index in [4.69, 9.17) is 0 Å². The first-order chi connectivity index (χ1) is 9.60. The fraction of sp³-hybridized carbons (Fsp3) is 0.733. The molecule has 0 aliphatic carbocycles. The predicted octanol–water partition coefficient (Wildman–Crippen LogP) is 2.06. The molecule has 120 valence electrons. The fourth-order valence-electron chi connectivity index (χ4n) is 1.77. The summed E-state index contributed by atoms with van der Waals surface area (Å²) >= 11 is 1.86. The monoisotopic (exact) mass is 313 g/mol. The molecular weight excluding hydrogens is 286 g/mol. The van der Waals surface area contributed by atoms with Gasteiger partial charge in [0.05, 0.1) is 12.7 Å². The van der Waals surface area contributed by atoms with Gasteiger partial charge < -0.3 is 10.4 Å². The zero-order chi connectivity index (χ0) is 16.1. The van der Waals surface area contributed by atoms with Gasteiger partial charge in [-0.25, -0.2) is 0 Å². The molecule has 1 rings (SSSR count). The van der Waals surface area contributed by atoms with Crippen LogP contribution in [0.25, 0.3) is 0 Å². The van der Waals surface area contributed by atoms with Crippen LogP contribution in [-0.4, -0.2) is 37.8 Å². The number of rotatable bonds is 7. The molecule has 6 heteroatoms. The molecule has 0 saturated heterocycles. The molecule has 0 fully saturated rings. The minimum Gasteiger partial charge on any atom is -0.383 e. The number of carbonyl (C=O) groups excluding carboxylic acids is 1. The van der Waals surface area contributed by atoms with Crippen molar-refractivity contribution in [2.24, 2.45) is 7.05 Å². The second-order valence-corrected chi connectivity index (χ2v) is 8.44. The Kier molecular flexibility index (Phi) is 6.28. The molecule has 1 amide bonds. The smallest absolute Gasteiger partial charge is 0.220 e. The number of aliphatic hydroxyl groups is 1. The number of thioether (sulfide) groups is 1. The van der Waals surface area contributed by atoms with Gasteiger partial charge in [-0.05, 0) is 19.1 Å². The summed E-state index contributed by atoms with van der Waals surface area (Å²) in [6.07, 6.45) is 4.72. The van der Waals surface area contributed by atoms with Gasteiger partial charge in [0.25, 0.3) is 0 Å². The second-order valence-electron chi connectivity index (χ2n) is 6.52. The average molecular weight is 313 g/mol. The number of hydrogen-bond donors (Lipinski definition) is 2. The number of aromatic nitrogens is 2. The van der Waals surface area contributed by atoms with Gasteiger partial charge in [0.2, 0.25) is 5.91 Å². The molecule has 0 aromatic carbocycles. The van der Waals surface area contributed by atoms with E-state index in [1.807, 2.05) is 11.8 Å². The largest absolute Gasteiger partial charge is 0.383 e. The molecule has 1 heterocycles. The van der Waals surface area contributed by atoms with Crippen LogP contribution >= 0.6 is 11.8 Å². The summed E-state index contributed by atoms with van der Waals surface area (Å²) in [5, 5.41) is 17.2. The Morgan fingerprint density at radius 3 is 2.62 bits per heavy atom. The molecule has 0 radical (unpaired) electrons. The molecule has 0 bridgehead atoms. The Bertz CT molecular complexity index is 464. The van der Waals surface area contributed by atoms with Crippen molar-refractivity contribution in [2.45, 2.75) is 50.9 Å². The van der Waals surface area contributed by atoms with Crippen molar-refractivity contribution in [2.75, 3.05) is 12.3 Å². The Labute approximate surface area is 131 Å². The Morgan fingerprint density at radius 2 is 2.10 bits per heavy atom. The lowest BCUT2D eigenvalue weighted by molar-refractivity contribution is -0.122. The van der Waals surface area contributed by atoms with Crippen molar-refractivity contribution in [3.63, 3.8) is 0 Å². The van der Waals surface area contributed by atoms with Gasteiger partial charge in [-0.2, -0.15) is 16.9 Å². The Hall–Kier alpha value is -1.01. The van der Waals surface area contributed by atoms with Crippen molar-refractivity contribution in [1.29, 1.82) is 0 Å². The van der Waals surface area contributed by atoms with E-state index >= 15 is 0 Å². The van der Waals surface area contributed by atoms with E-state index in [9.17, 15) is 9.90 Å². The van der Waals surface area contributed by atoms with Crippen LogP contribution in [-0.2, 0) is 17.4 Å². The highest BCUT2D eigenvalue weighted by Crippen LogP contribution is 2.24. The van der Waals surface area contributed by atoms with Crippen LogP contribution in [0, 0.1) is 0 Å². The third-order valence-corrected chi connectivity index (χ3v) is 4.40. The predicted molar refractivity (Wildman–Crippen MR) is 87.2 cm³/mol. The molecule has 1 aromatic rings. The molecule has 1 aromatic heterocycles. The summed E-state index contributed by atoms with van der Waals surface area (Å²) in [5.41, 5.74) is -0.391. The molecule has 21 heavy (non-hydrogen) atoms. The molecule has 5 nitrogen and oxygen atoms in total. The number of hydrogen-bond acceptors (Lipinski definition) is 4. The summed E-state index contributed by atoms with van der Waals surface area (Å²) in [6.45, 7) is 8.39. The minimum atomic E-state index is -1.09. The van der Waals surface area contributed by atoms with E-state index in [-0.39, 0.29) is 17.2 Å². The van der Waals surface area contributed by atoms with Gasteiger partial charge in [0.1, 0.15) is 5.60 Å². The zero-order valence-electron chi connectivity index (χ0n) is 13.6. The number of aryl methyl sites for hydroxylation is 1. The minimum absolute atomic E-state index is 0.0197. The third kappa shape index (κ3) is 7.00. The van der Waals surface area contributed by atoms with Crippen LogP contribution in [0.15, 0.2) is 12.4 Å². The molecule has 0 spiro atoms. The van der Waals surface area contributed by atoms with Crippen molar-refractivity contribution in [3.05, 3.63) is 18.0 Å². The molecule has 0 saturated carbocycles. The third-order valence-electron chi connectivity index (χ3n) is 3.04. The quantitative estimate of drug-likeness (QED) is 0.756. The lowest BCUT2D eigenvalue weighted by atomic mass is 10.00. The number of nitrogens with zero attached hydrogens (tertiary/aromatic N) is 2. The van der Waals surface area contributed by atoms with E-state index in [1.165, 1.54) is 0 Å². The number of carbonyl (C=O) groups is 1. The molecule has 2 N–H and O–H groups in total. The summed E-state index contributed by atoms with van der Waals surface area (Å²) in [7, 11) is 1.80. The molecule has 0 aliphatic rings. The highest BCUT2D eigenvalue weighted by atomic mass is 32.2. The van der Waals surface area contributed by atoms with Gasteiger partial charge in [0, 0.05) is 30.0 Å². The van der Waals surface area contributed by atoms with Crippen molar-refractivity contribution in [3.8, 4) is 0 Å². The van der Waals surface area contributed by atoms with Gasteiger partial charge in [-0.1, -0.05) is 20.8 Å². The molecule has 1 unspecified atom stereocenters.